The van der Waals surface area contributed by atoms with Crippen LogP contribution in [0.25, 0.3) is 0 Å². The van der Waals surface area contributed by atoms with E-state index < -0.39 is 10.0 Å². The first-order valence-corrected chi connectivity index (χ1v) is 11.7. The van der Waals surface area contributed by atoms with Crippen LogP contribution in [-0.4, -0.2) is 44.0 Å². The molecule has 0 unspecified atom stereocenters. The summed E-state index contributed by atoms with van der Waals surface area (Å²) >= 11 is 6.14. The van der Waals surface area contributed by atoms with Gasteiger partial charge in [-0.2, -0.15) is 0 Å². The van der Waals surface area contributed by atoms with E-state index in [2.05, 4.69) is 11.6 Å². The van der Waals surface area contributed by atoms with E-state index in [9.17, 15) is 13.2 Å². The highest BCUT2D eigenvalue weighted by atomic mass is 35.5. The summed E-state index contributed by atoms with van der Waals surface area (Å²) in [5, 5.41) is 0.289. The van der Waals surface area contributed by atoms with Gasteiger partial charge >= 0.3 is 0 Å². The topological polar surface area (TPSA) is 80.6 Å². The van der Waals surface area contributed by atoms with Gasteiger partial charge in [-0.1, -0.05) is 18.5 Å². The largest absolute Gasteiger partial charge is 0.495 e. The highest BCUT2D eigenvalue weighted by Gasteiger charge is 2.34. The van der Waals surface area contributed by atoms with Crippen LogP contribution < -0.4 is 9.46 Å². The van der Waals surface area contributed by atoms with Gasteiger partial charge < -0.3 is 14.2 Å². The molecule has 7 nitrogen and oxygen atoms in total. The first-order chi connectivity index (χ1) is 14.1. The Balaban J connectivity index is 2.01. The second-order valence-electron chi connectivity index (χ2n) is 7.86. The summed E-state index contributed by atoms with van der Waals surface area (Å²) in [5.41, 5.74) is 1.67. The Kier molecular flexibility index (Phi) is 6.38. The highest BCUT2D eigenvalue weighted by Crippen LogP contribution is 2.32. The molecule has 1 aliphatic heterocycles. The Morgan fingerprint density at radius 1 is 1.20 bits per heavy atom. The van der Waals surface area contributed by atoms with E-state index in [1.165, 1.54) is 13.2 Å². The van der Waals surface area contributed by atoms with Gasteiger partial charge in [0.25, 0.3) is 15.9 Å². The molecular formula is C21H28ClN3O4S. The molecule has 3 rings (SSSR count). The van der Waals surface area contributed by atoms with Crippen molar-refractivity contribution in [3.63, 3.8) is 0 Å². The highest BCUT2D eigenvalue weighted by molar-refractivity contribution is 7.92. The van der Waals surface area contributed by atoms with Gasteiger partial charge in [0, 0.05) is 31.5 Å². The monoisotopic (exact) mass is 453 g/mol. The molecule has 1 N–H and O–H groups in total. The normalized spacial score (nSPS) is 15.3. The van der Waals surface area contributed by atoms with Crippen molar-refractivity contribution in [2.24, 2.45) is 13.0 Å². The number of amides is 1. The number of halogens is 1. The van der Waals surface area contributed by atoms with Gasteiger partial charge in [-0.05, 0) is 50.8 Å². The number of aromatic nitrogens is 1. The molecular weight excluding hydrogens is 426 g/mol. The Morgan fingerprint density at radius 3 is 2.40 bits per heavy atom. The molecule has 0 aliphatic carbocycles. The number of likely N-dealkylation sites (tertiary alicyclic amines) is 1. The molecule has 2 heterocycles. The summed E-state index contributed by atoms with van der Waals surface area (Å²) in [6.07, 6.45) is 1.84. The van der Waals surface area contributed by atoms with Crippen LogP contribution in [0, 0.1) is 19.8 Å². The maximum Gasteiger partial charge on any atom is 0.264 e. The SMILES string of the molecule is COc1ccc(NS(=O)(=O)c2c(C(=O)N3CCC(C)CC3)c(C)n(C)c2C)cc1Cl. The predicted octanol–water partition coefficient (Wildman–Crippen LogP) is 3.98. The van der Waals surface area contributed by atoms with Gasteiger partial charge in [0.2, 0.25) is 0 Å². The number of ether oxygens (including phenoxy) is 1. The molecule has 30 heavy (non-hydrogen) atoms. The van der Waals surface area contributed by atoms with Crippen LogP contribution in [0.5, 0.6) is 5.75 Å². The zero-order chi connectivity index (χ0) is 22.2. The number of piperidine rings is 1. The summed E-state index contributed by atoms with van der Waals surface area (Å²) in [6.45, 7) is 6.91. The molecule has 164 valence electrons. The minimum Gasteiger partial charge on any atom is -0.495 e. The maximum atomic E-state index is 13.3. The molecule has 1 aromatic heterocycles. The van der Waals surface area contributed by atoms with Crippen LogP contribution in [0.15, 0.2) is 23.1 Å². The van der Waals surface area contributed by atoms with Crippen LogP contribution in [0.1, 0.15) is 41.5 Å². The lowest BCUT2D eigenvalue weighted by atomic mass is 9.98. The minimum atomic E-state index is -4.02. The Bertz CT molecular complexity index is 1070. The minimum absolute atomic E-state index is 0.0121. The van der Waals surface area contributed by atoms with Crippen LogP contribution in [0.3, 0.4) is 0 Å². The summed E-state index contributed by atoms with van der Waals surface area (Å²) in [5.74, 6) is 0.773. The van der Waals surface area contributed by atoms with Gasteiger partial charge in [-0.3, -0.25) is 9.52 Å². The van der Waals surface area contributed by atoms with Gasteiger partial charge in [-0.25, -0.2) is 8.42 Å². The van der Waals surface area contributed by atoms with E-state index in [1.54, 1.807) is 42.5 Å². The Morgan fingerprint density at radius 2 is 1.83 bits per heavy atom. The first-order valence-electron chi connectivity index (χ1n) is 9.88. The van der Waals surface area contributed by atoms with E-state index in [0.29, 0.717) is 41.8 Å². The van der Waals surface area contributed by atoms with E-state index in [1.807, 2.05) is 0 Å². The fraction of sp³-hybridized carbons (Fsp3) is 0.476. The standard InChI is InChI=1S/C21H28ClN3O4S/c1-13-8-10-25(11-9-13)21(26)19-14(2)24(4)15(3)20(19)30(27,28)23-16-6-7-18(29-5)17(22)12-16/h6-7,12-13,23H,8-11H2,1-5H3. The van der Waals surface area contributed by atoms with Crippen molar-refractivity contribution in [1.29, 1.82) is 0 Å². The number of rotatable bonds is 5. The van der Waals surface area contributed by atoms with Crippen molar-refractivity contribution >= 4 is 33.2 Å². The van der Waals surface area contributed by atoms with Crippen LogP contribution >= 0.6 is 11.6 Å². The second kappa shape index (κ2) is 8.51. The van der Waals surface area contributed by atoms with Gasteiger partial charge in [0.15, 0.2) is 0 Å². The number of carbonyl (C=O) groups is 1. The molecule has 2 aromatic rings. The quantitative estimate of drug-likeness (QED) is 0.742. The molecule has 1 amide bonds. The third-order valence-corrected chi connectivity index (χ3v) is 7.72. The molecule has 9 heteroatoms. The Labute approximate surface area is 183 Å². The van der Waals surface area contributed by atoms with Crippen LogP contribution in [0.4, 0.5) is 5.69 Å². The molecule has 0 saturated carbocycles. The summed E-state index contributed by atoms with van der Waals surface area (Å²) in [4.78, 5) is 15.1. The molecule has 1 aliphatic rings. The van der Waals surface area contributed by atoms with Crippen molar-refractivity contribution in [1.82, 2.24) is 9.47 Å². The predicted molar refractivity (Wildman–Crippen MR) is 118 cm³/mol. The van der Waals surface area contributed by atoms with Gasteiger partial charge in [0.05, 0.1) is 23.4 Å². The lowest BCUT2D eigenvalue weighted by molar-refractivity contribution is 0.0692. The summed E-state index contributed by atoms with van der Waals surface area (Å²) < 4.78 is 36.1. The molecule has 1 aromatic carbocycles. The lowest BCUT2D eigenvalue weighted by Crippen LogP contribution is -2.38. The number of hydrogen-bond donors (Lipinski definition) is 1. The van der Waals surface area contributed by atoms with Gasteiger partial charge in [0.1, 0.15) is 10.6 Å². The number of hydrogen-bond acceptors (Lipinski definition) is 4. The first kappa shape index (κ1) is 22.5. The molecule has 0 bridgehead atoms. The van der Waals surface area contributed by atoms with E-state index >= 15 is 0 Å². The molecule has 0 radical (unpaired) electrons. The average Bonchev–Trinajstić information content (AvgIpc) is 2.92. The molecule has 0 atom stereocenters. The zero-order valence-corrected chi connectivity index (χ0v) is 19.5. The fourth-order valence-electron chi connectivity index (χ4n) is 3.80. The number of methoxy groups -OCH3 is 1. The maximum absolute atomic E-state index is 13.3. The number of carbonyl (C=O) groups excluding carboxylic acids is 1. The van der Waals surface area contributed by atoms with Crippen LogP contribution in [0.2, 0.25) is 5.02 Å². The van der Waals surface area contributed by atoms with Crippen molar-refractivity contribution in [3.05, 3.63) is 40.2 Å². The van der Waals surface area contributed by atoms with Crippen molar-refractivity contribution in [2.45, 2.75) is 38.5 Å². The third kappa shape index (κ3) is 4.16. The smallest absolute Gasteiger partial charge is 0.264 e. The van der Waals surface area contributed by atoms with Gasteiger partial charge in [-0.15, -0.1) is 0 Å². The average molecular weight is 454 g/mol. The molecule has 1 fully saturated rings. The number of nitrogens with zero attached hydrogens (tertiary/aromatic N) is 2. The van der Waals surface area contributed by atoms with Crippen molar-refractivity contribution < 1.29 is 17.9 Å². The third-order valence-electron chi connectivity index (χ3n) is 5.88. The number of sulfonamides is 1. The lowest BCUT2D eigenvalue weighted by Gasteiger charge is -2.30. The zero-order valence-electron chi connectivity index (χ0n) is 18.0. The number of anilines is 1. The summed E-state index contributed by atoms with van der Waals surface area (Å²) in [7, 11) is -0.772. The number of nitrogens with one attached hydrogen (secondary N) is 1. The van der Waals surface area contributed by atoms with E-state index in [0.717, 1.165) is 12.8 Å². The molecule has 1 saturated heterocycles. The second-order valence-corrected chi connectivity index (χ2v) is 9.89. The van der Waals surface area contributed by atoms with E-state index in [-0.39, 0.29) is 21.4 Å². The van der Waals surface area contributed by atoms with Crippen molar-refractivity contribution in [3.8, 4) is 5.75 Å². The van der Waals surface area contributed by atoms with Crippen LogP contribution in [-0.2, 0) is 17.1 Å². The summed E-state index contributed by atoms with van der Waals surface area (Å²) in [6, 6.07) is 4.64. The van der Waals surface area contributed by atoms with Crippen molar-refractivity contribution in [2.75, 3.05) is 24.9 Å². The van der Waals surface area contributed by atoms with E-state index in [4.69, 9.17) is 16.3 Å². The Hall–Kier alpha value is -2.19. The molecule has 0 spiro atoms. The number of benzene rings is 1. The fourth-order valence-corrected chi connectivity index (χ4v) is 5.63.